The van der Waals surface area contributed by atoms with Crippen molar-refractivity contribution in [3.05, 3.63) is 102 Å². The van der Waals surface area contributed by atoms with Crippen LogP contribution in [-0.2, 0) is 0 Å². The Morgan fingerprint density at radius 3 is 1.37 bits per heavy atom. The molecule has 0 unspecified atom stereocenters. The molecule has 0 atom stereocenters. The summed E-state index contributed by atoms with van der Waals surface area (Å²) >= 11 is 0. The topological polar surface area (TPSA) is 11.3 Å². The van der Waals surface area contributed by atoms with Crippen molar-refractivity contribution in [1.29, 1.82) is 0 Å². The molecule has 1 heterocycles. The fraction of sp³-hybridized carbons (Fsp3) is 0.0800. The minimum absolute atomic E-state index is 0. The third-order valence-electron chi connectivity index (χ3n) is 4.57. The van der Waals surface area contributed by atoms with E-state index >= 15 is 0 Å². The number of hydrogen-bond donors (Lipinski definition) is 0. The molecule has 0 N–H and O–H groups in total. The summed E-state index contributed by atoms with van der Waals surface area (Å²) in [5.41, 5.74) is 7.00. The highest BCUT2D eigenvalue weighted by atomic mass is 35.5. The lowest BCUT2D eigenvalue weighted by molar-refractivity contribution is -0.00000571. The number of hydrogen-bond acceptors (Lipinski definition) is 0. The number of benzene rings is 3. The van der Waals surface area contributed by atoms with Gasteiger partial charge in [0.25, 0.3) is 0 Å². The molecule has 0 bridgehead atoms. The molecule has 4 aromatic rings. The van der Waals surface area contributed by atoms with Crippen molar-refractivity contribution in [3.8, 4) is 33.8 Å². The SMILES string of the molecule is Cc1ccc(-c2cc(-c3ccccc3)cc(-c3ccc(C)cc3)[o+]2)cc1.[Cl-]. The highest BCUT2D eigenvalue weighted by Gasteiger charge is 2.20. The third-order valence-corrected chi connectivity index (χ3v) is 4.57. The van der Waals surface area contributed by atoms with Crippen molar-refractivity contribution in [3.63, 3.8) is 0 Å². The van der Waals surface area contributed by atoms with Crippen LogP contribution in [0.4, 0.5) is 0 Å². The lowest BCUT2D eigenvalue weighted by Gasteiger charge is -2.02. The lowest BCUT2D eigenvalue weighted by atomic mass is 10.0. The van der Waals surface area contributed by atoms with Crippen LogP contribution in [0.1, 0.15) is 11.1 Å². The predicted octanol–water partition coefficient (Wildman–Crippen LogP) is 4.18. The van der Waals surface area contributed by atoms with E-state index in [4.69, 9.17) is 4.42 Å². The molecule has 0 aliphatic heterocycles. The quantitative estimate of drug-likeness (QED) is 0.491. The van der Waals surface area contributed by atoms with Gasteiger partial charge in [-0.3, -0.25) is 0 Å². The maximum atomic E-state index is 6.29. The molecular weight excluding hydrogens is 352 g/mol. The second-order valence-electron chi connectivity index (χ2n) is 6.67. The van der Waals surface area contributed by atoms with Gasteiger partial charge in [0, 0.05) is 5.56 Å². The Kier molecular flexibility index (Phi) is 5.73. The normalized spacial score (nSPS) is 10.3. The molecule has 0 aliphatic carbocycles. The second kappa shape index (κ2) is 8.20. The molecular formula is C25H21ClO. The van der Waals surface area contributed by atoms with Crippen LogP contribution in [0, 0.1) is 13.8 Å². The molecule has 1 aromatic heterocycles. The van der Waals surface area contributed by atoms with Gasteiger partial charge in [0.2, 0.25) is 0 Å². The molecule has 0 spiro atoms. The van der Waals surface area contributed by atoms with Gasteiger partial charge in [0.15, 0.2) is 0 Å². The summed E-state index contributed by atoms with van der Waals surface area (Å²) in [4.78, 5) is 0. The standard InChI is InChI=1S/C25H21O.ClH/c1-18-8-12-21(13-9-18)24-16-23(20-6-4-3-5-7-20)17-25(26-24)22-14-10-19(2)11-15-22;/h3-17H,1-2H3;1H/q+1;/p-1. The van der Waals surface area contributed by atoms with E-state index < -0.39 is 0 Å². The first kappa shape index (κ1) is 18.9. The van der Waals surface area contributed by atoms with Gasteiger partial charge in [-0.25, -0.2) is 4.42 Å². The molecule has 4 rings (SSSR count). The van der Waals surface area contributed by atoms with Crippen molar-refractivity contribution >= 4 is 0 Å². The zero-order chi connectivity index (χ0) is 17.9. The predicted molar refractivity (Wildman–Crippen MR) is 109 cm³/mol. The van der Waals surface area contributed by atoms with Crippen LogP contribution in [0.2, 0.25) is 0 Å². The minimum atomic E-state index is 0. The molecule has 0 saturated heterocycles. The first-order valence-corrected chi connectivity index (χ1v) is 8.87. The smallest absolute Gasteiger partial charge is 0.361 e. The van der Waals surface area contributed by atoms with E-state index in [2.05, 4.69) is 98.8 Å². The van der Waals surface area contributed by atoms with Gasteiger partial charge < -0.3 is 12.4 Å². The van der Waals surface area contributed by atoms with Crippen LogP contribution in [0.5, 0.6) is 0 Å². The summed E-state index contributed by atoms with van der Waals surface area (Å²) in [7, 11) is 0. The number of halogens is 1. The summed E-state index contributed by atoms with van der Waals surface area (Å²) in [5, 5.41) is 0. The summed E-state index contributed by atoms with van der Waals surface area (Å²) in [6.45, 7) is 4.19. The Morgan fingerprint density at radius 2 is 0.926 bits per heavy atom. The Hall–Kier alpha value is -2.90. The maximum Gasteiger partial charge on any atom is 0.361 e. The van der Waals surface area contributed by atoms with Crippen LogP contribution in [-0.4, -0.2) is 0 Å². The first-order valence-electron chi connectivity index (χ1n) is 8.87. The van der Waals surface area contributed by atoms with Gasteiger partial charge in [-0.1, -0.05) is 65.7 Å². The van der Waals surface area contributed by atoms with Crippen LogP contribution in [0.25, 0.3) is 33.8 Å². The van der Waals surface area contributed by atoms with Crippen molar-refractivity contribution in [2.45, 2.75) is 13.8 Å². The van der Waals surface area contributed by atoms with Crippen LogP contribution >= 0.6 is 0 Å². The van der Waals surface area contributed by atoms with Gasteiger partial charge in [-0.2, -0.15) is 0 Å². The summed E-state index contributed by atoms with van der Waals surface area (Å²) in [5.74, 6) is 1.75. The maximum absolute atomic E-state index is 6.29. The zero-order valence-corrected chi connectivity index (χ0v) is 16.2. The highest BCUT2D eigenvalue weighted by molar-refractivity contribution is 5.74. The van der Waals surface area contributed by atoms with E-state index in [0.29, 0.717) is 0 Å². The van der Waals surface area contributed by atoms with Crippen LogP contribution in [0.15, 0.2) is 95.4 Å². The van der Waals surface area contributed by atoms with Gasteiger partial charge in [-0.05, 0) is 43.7 Å². The Morgan fingerprint density at radius 1 is 0.481 bits per heavy atom. The summed E-state index contributed by atoms with van der Waals surface area (Å²) < 4.78 is 6.29. The summed E-state index contributed by atoms with van der Waals surface area (Å²) in [6, 6.07) is 31.6. The molecule has 0 saturated carbocycles. The van der Waals surface area contributed by atoms with E-state index in [0.717, 1.165) is 28.2 Å². The zero-order valence-electron chi connectivity index (χ0n) is 15.4. The molecule has 0 amide bonds. The average molecular weight is 373 g/mol. The Balaban J connectivity index is 0.00000210. The Bertz CT molecular complexity index is 956. The van der Waals surface area contributed by atoms with Gasteiger partial charge >= 0.3 is 11.5 Å². The van der Waals surface area contributed by atoms with Crippen molar-refractivity contribution < 1.29 is 16.8 Å². The van der Waals surface area contributed by atoms with E-state index in [9.17, 15) is 0 Å². The van der Waals surface area contributed by atoms with E-state index in [1.807, 2.05) is 6.07 Å². The van der Waals surface area contributed by atoms with Gasteiger partial charge in [0.05, 0.1) is 23.3 Å². The van der Waals surface area contributed by atoms with Crippen molar-refractivity contribution in [1.82, 2.24) is 0 Å². The van der Waals surface area contributed by atoms with Gasteiger partial charge in [0.1, 0.15) is 0 Å². The van der Waals surface area contributed by atoms with E-state index in [1.165, 1.54) is 16.7 Å². The average Bonchev–Trinajstić information content (AvgIpc) is 2.69. The van der Waals surface area contributed by atoms with Crippen molar-refractivity contribution in [2.75, 3.05) is 0 Å². The molecule has 2 heteroatoms. The van der Waals surface area contributed by atoms with E-state index in [1.54, 1.807) is 0 Å². The molecule has 0 fully saturated rings. The largest absolute Gasteiger partial charge is 1.00 e. The third kappa shape index (κ3) is 4.27. The number of aryl methyl sites for hydroxylation is 2. The fourth-order valence-electron chi connectivity index (χ4n) is 3.02. The minimum Gasteiger partial charge on any atom is -1.00 e. The Labute approximate surface area is 166 Å². The summed E-state index contributed by atoms with van der Waals surface area (Å²) in [6.07, 6.45) is 0. The molecule has 27 heavy (non-hydrogen) atoms. The monoisotopic (exact) mass is 372 g/mol. The van der Waals surface area contributed by atoms with Gasteiger partial charge in [-0.15, -0.1) is 0 Å². The van der Waals surface area contributed by atoms with E-state index in [-0.39, 0.29) is 12.4 Å². The van der Waals surface area contributed by atoms with Crippen LogP contribution < -0.4 is 12.4 Å². The van der Waals surface area contributed by atoms with Crippen LogP contribution in [0.3, 0.4) is 0 Å². The molecule has 0 aliphatic rings. The molecule has 134 valence electrons. The number of rotatable bonds is 3. The molecule has 3 aromatic carbocycles. The highest BCUT2D eigenvalue weighted by Crippen LogP contribution is 2.33. The lowest BCUT2D eigenvalue weighted by Crippen LogP contribution is -3.00. The fourth-order valence-corrected chi connectivity index (χ4v) is 3.02. The molecule has 0 radical (unpaired) electrons. The molecule has 1 nitrogen and oxygen atoms in total. The van der Waals surface area contributed by atoms with Crippen molar-refractivity contribution in [2.24, 2.45) is 0 Å². The first-order chi connectivity index (χ1) is 12.7. The second-order valence-corrected chi connectivity index (χ2v) is 6.67.